The van der Waals surface area contributed by atoms with Crippen LogP contribution in [0.5, 0.6) is 0 Å². The Morgan fingerprint density at radius 3 is 2.57 bits per heavy atom. The predicted molar refractivity (Wildman–Crippen MR) is 56.9 cm³/mol. The summed E-state index contributed by atoms with van der Waals surface area (Å²) in [6, 6.07) is 0. The number of aromatic nitrogens is 2. The quantitative estimate of drug-likeness (QED) is 0.794. The molecule has 1 atom stereocenters. The summed E-state index contributed by atoms with van der Waals surface area (Å²) in [5.41, 5.74) is 1.15. The highest BCUT2D eigenvalue weighted by Crippen LogP contribution is 2.30. The summed E-state index contributed by atoms with van der Waals surface area (Å²) in [7, 11) is 1.91. The van der Waals surface area contributed by atoms with Gasteiger partial charge in [0.2, 0.25) is 0 Å². The van der Waals surface area contributed by atoms with Crippen molar-refractivity contribution in [1.29, 1.82) is 0 Å². The SMILES string of the molecule is CC(C)C(C)(CO)Cc1cnn(C)c1. The third-order valence-corrected chi connectivity index (χ3v) is 3.12. The fraction of sp³-hybridized carbons (Fsp3) is 0.727. The number of nitrogens with zero attached hydrogens (tertiary/aromatic N) is 2. The maximum Gasteiger partial charge on any atom is 0.0521 e. The van der Waals surface area contributed by atoms with Crippen molar-refractivity contribution in [2.24, 2.45) is 18.4 Å². The van der Waals surface area contributed by atoms with E-state index in [4.69, 9.17) is 0 Å². The van der Waals surface area contributed by atoms with E-state index in [-0.39, 0.29) is 12.0 Å². The number of aliphatic hydroxyl groups is 1. The molecule has 0 radical (unpaired) electrons. The van der Waals surface area contributed by atoms with Crippen molar-refractivity contribution in [1.82, 2.24) is 9.78 Å². The van der Waals surface area contributed by atoms with Crippen LogP contribution in [0.3, 0.4) is 0 Å². The van der Waals surface area contributed by atoms with Crippen LogP contribution < -0.4 is 0 Å². The normalized spacial score (nSPS) is 15.9. The fourth-order valence-corrected chi connectivity index (χ4v) is 1.47. The first-order chi connectivity index (χ1) is 6.48. The Morgan fingerprint density at radius 1 is 1.57 bits per heavy atom. The molecule has 0 saturated carbocycles. The van der Waals surface area contributed by atoms with Crippen LogP contribution >= 0.6 is 0 Å². The lowest BCUT2D eigenvalue weighted by Gasteiger charge is -2.31. The van der Waals surface area contributed by atoms with Crippen LogP contribution in [0.25, 0.3) is 0 Å². The van der Waals surface area contributed by atoms with Gasteiger partial charge >= 0.3 is 0 Å². The minimum absolute atomic E-state index is 0.0387. The molecule has 0 fully saturated rings. The van der Waals surface area contributed by atoms with E-state index in [0.29, 0.717) is 5.92 Å². The maximum absolute atomic E-state index is 9.40. The fourth-order valence-electron chi connectivity index (χ4n) is 1.47. The summed E-state index contributed by atoms with van der Waals surface area (Å²) in [4.78, 5) is 0. The van der Waals surface area contributed by atoms with Crippen molar-refractivity contribution >= 4 is 0 Å². The van der Waals surface area contributed by atoms with Gasteiger partial charge in [-0.25, -0.2) is 0 Å². The first-order valence-corrected chi connectivity index (χ1v) is 5.06. The van der Waals surface area contributed by atoms with Gasteiger partial charge in [-0.1, -0.05) is 20.8 Å². The van der Waals surface area contributed by atoms with Crippen LogP contribution in [0.1, 0.15) is 26.3 Å². The Balaban J connectivity index is 2.75. The number of hydrogen-bond donors (Lipinski definition) is 1. The van der Waals surface area contributed by atoms with Gasteiger partial charge in [0.1, 0.15) is 0 Å². The predicted octanol–water partition coefficient (Wildman–Crippen LogP) is 1.62. The maximum atomic E-state index is 9.40. The molecule has 14 heavy (non-hydrogen) atoms. The second-order valence-corrected chi connectivity index (χ2v) is 4.67. The highest BCUT2D eigenvalue weighted by atomic mass is 16.3. The highest BCUT2D eigenvalue weighted by Gasteiger charge is 2.28. The van der Waals surface area contributed by atoms with Gasteiger partial charge in [0.15, 0.2) is 0 Å². The number of aryl methyl sites for hydroxylation is 1. The van der Waals surface area contributed by atoms with Gasteiger partial charge in [-0.15, -0.1) is 0 Å². The van der Waals surface area contributed by atoms with E-state index in [1.807, 2.05) is 19.4 Å². The van der Waals surface area contributed by atoms with Crippen LogP contribution in [-0.4, -0.2) is 21.5 Å². The van der Waals surface area contributed by atoms with E-state index in [2.05, 4.69) is 25.9 Å². The summed E-state index contributed by atoms with van der Waals surface area (Å²) < 4.78 is 1.80. The molecule has 0 spiro atoms. The van der Waals surface area contributed by atoms with E-state index in [0.717, 1.165) is 6.42 Å². The Kier molecular flexibility index (Phi) is 3.32. The second-order valence-electron chi connectivity index (χ2n) is 4.67. The molecular weight excluding hydrogens is 176 g/mol. The lowest BCUT2D eigenvalue weighted by molar-refractivity contribution is 0.0947. The highest BCUT2D eigenvalue weighted by molar-refractivity contribution is 5.07. The zero-order valence-corrected chi connectivity index (χ0v) is 9.49. The first-order valence-electron chi connectivity index (χ1n) is 5.06. The molecule has 1 unspecified atom stereocenters. The summed E-state index contributed by atoms with van der Waals surface area (Å²) >= 11 is 0. The molecule has 80 valence electrons. The van der Waals surface area contributed by atoms with Crippen LogP contribution in [0.2, 0.25) is 0 Å². The van der Waals surface area contributed by atoms with Gasteiger partial charge in [0, 0.05) is 19.9 Å². The van der Waals surface area contributed by atoms with Gasteiger partial charge in [-0.2, -0.15) is 5.10 Å². The standard InChI is InChI=1S/C11H20N2O/c1-9(2)11(3,8-14)5-10-6-12-13(4)7-10/h6-7,9,14H,5,8H2,1-4H3. The van der Waals surface area contributed by atoms with Gasteiger partial charge < -0.3 is 5.11 Å². The molecule has 0 aliphatic heterocycles. The Hall–Kier alpha value is -0.830. The zero-order chi connectivity index (χ0) is 10.8. The van der Waals surface area contributed by atoms with Crippen LogP contribution in [0, 0.1) is 11.3 Å². The molecule has 0 amide bonds. The second kappa shape index (κ2) is 4.13. The van der Waals surface area contributed by atoms with E-state index in [9.17, 15) is 5.11 Å². The van der Waals surface area contributed by atoms with E-state index in [1.165, 1.54) is 5.56 Å². The molecule has 1 rings (SSSR count). The Morgan fingerprint density at radius 2 is 2.21 bits per heavy atom. The molecule has 0 bridgehead atoms. The lowest BCUT2D eigenvalue weighted by Crippen LogP contribution is -2.30. The topological polar surface area (TPSA) is 38.1 Å². The summed E-state index contributed by atoms with van der Waals surface area (Å²) in [5, 5.41) is 13.5. The van der Waals surface area contributed by atoms with Crippen LogP contribution in [0.4, 0.5) is 0 Å². The average Bonchev–Trinajstić information content (AvgIpc) is 2.50. The van der Waals surface area contributed by atoms with Crippen molar-refractivity contribution < 1.29 is 5.11 Å². The van der Waals surface area contributed by atoms with Crippen molar-refractivity contribution in [3.63, 3.8) is 0 Å². The van der Waals surface area contributed by atoms with E-state index in [1.54, 1.807) is 4.68 Å². The van der Waals surface area contributed by atoms with E-state index < -0.39 is 0 Å². The smallest absolute Gasteiger partial charge is 0.0521 e. The molecule has 1 aromatic heterocycles. The van der Waals surface area contributed by atoms with Crippen LogP contribution in [-0.2, 0) is 13.5 Å². The van der Waals surface area contributed by atoms with Gasteiger partial charge in [-0.3, -0.25) is 4.68 Å². The van der Waals surface area contributed by atoms with Crippen molar-refractivity contribution in [3.05, 3.63) is 18.0 Å². The minimum Gasteiger partial charge on any atom is -0.396 e. The molecule has 3 nitrogen and oxygen atoms in total. The van der Waals surface area contributed by atoms with Gasteiger partial charge in [0.25, 0.3) is 0 Å². The summed E-state index contributed by atoms with van der Waals surface area (Å²) in [5.74, 6) is 0.465. The molecule has 0 aliphatic carbocycles. The molecule has 0 saturated heterocycles. The van der Waals surface area contributed by atoms with Crippen molar-refractivity contribution in [3.8, 4) is 0 Å². The third-order valence-electron chi connectivity index (χ3n) is 3.12. The third kappa shape index (κ3) is 2.35. The molecule has 1 heterocycles. The molecule has 0 aliphatic rings. The molecule has 0 aromatic carbocycles. The van der Waals surface area contributed by atoms with Gasteiger partial charge in [-0.05, 0) is 23.3 Å². The Bertz CT molecular complexity index is 293. The molecular formula is C11H20N2O. The average molecular weight is 196 g/mol. The number of rotatable bonds is 4. The summed E-state index contributed by atoms with van der Waals surface area (Å²) in [6.45, 7) is 6.63. The Labute approximate surface area is 85.8 Å². The minimum atomic E-state index is -0.0387. The molecule has 1 aromatic rings. The lowest BCUT2D eigenvalue weighted by atomic mass is 9.75. The zero-order valence-electron chi connectivity index (χ0n) is 9.49. The number of aliphatic hydroxyl groups excluding tert-OH is 1. The first kappa shape index (κ1) is 11.2. The largest absolute Gasteiger partial charge is 0.396 e. The van der Waals surface area contributed by atoms with Crippen LogP contribution in [0.15, 0.2) is 12.4 Å². The molecule has 3 heteroatoms. The van der Waals surface area contributed by atoms with Crippen molar-refractivity contribution in [2.45, 2.75) is 27.2 Å². The number of hydrogen-bond acceptors (Lipinski definition) is 2. The molecule has 1 N–H and O–H groups in total. The van der Waals surface area contributed by atoms with E-state index >= 15 is 0 Å². The van der Waals surface area contributed by atoms with Crippen molar-refractivity contribution in [2.75, 3.05) is 6.61 Å². The van der Waals surface area contributed by atoms with Gasteiger partial charge in [0.05, 0.1) is 6.20 Å². The summed E-state index contributed by atoms with van der Waals surface area (Å²) in [6.07, 6.45) is 4.77. The monoisotopic (exact) mass is 196 g/mol.